The smallest absolute Gasteiger partial charge is 0.410 e. The summed E-state index contributed by atoms with van der Waals surface area (Å²) in [5, 5.41) is 6.12. The van der Waals surface area contributed by atoms with Crippen molar-refractivity contribution in [2.24, 2.45) is 14.1 Å². The summed E-state index contributed by atoms with van der Waals surface area (Å²) in [7, 11) is 4.28. The van der Waals surface area contributed by atoms with E-state index in [0.29, 0.717) is 57.2 Å². The van der Waals surface area contributed by atoms with Crippen molar-refractivity contribution in [2.75, 3.05) is 32.2 Å². The molecule has 4 heterocycles. The third-order valence-corrected chi connectivity index (χ3v) is 9.99. The molecular weight excluding hydrogens is 704 g/mol. The molecule has 2 aromatic carbocycles. The third kappa shape index (κ3) is 7.36. The van der Waals surface area contributed by atoms with Crippen LogP contribution >= 0.6 is 11.6 Å². The van der Waals surface area contributed by atoms with Crippen molar-refractivity contribution in [2.45, 2.75) is 51.6 Å². The number of ether oxygens (including phenoxy) is 3. The predicted molar refractivity (Wildman–Crippen MR) is 199 cm³/mol. The zero-order valence-electron chi connectivity index (χ0n) is 30.2. The van der Waals surface area contributed by atoms with Crippen LogP contribution in [0.25, 0.3) is 22.4 Å². The van der Waals surface area contributed by atoms with E-state index in [2.05, 4.69) is 10.6 Å². The summed E-state index contributed by atoms with van der Waals surface area (Å²) in [5.41, 5.74) is 2.76. The molecule has 2 aliphatic heterocycles. The number of unbranched alkanes of at least 4 members (excludes halogenated alkanes) is 1. The zero-order valence-corrected chi connectivity index (χ0v) is 30.9. The number of hydrogen-bond acceptors (Lipinski definition) is 9. The Labute approximate surface area is 310 Å². The molecule has 4 aromatic rings. The van der Waals surface area contributed by atoms with Gasteiger partial charge in [-0.3, -0.25) is 23.9 Å². The molecule has 1 unspecified atom stereocenters. The fourth-order valence-electron chi connectivity index (χ4n) is 6.65. The van der Waals surface area contributed by atoms with Gasteiger partial charge in [-0.15, -0.1) is 0 Å². The van der Waals surface area contributed by atoms with Crippen LogP contribution in [0.15, 0.2) is 58.3 Å². The van der Waals surface area contributed by atoms with Crippen LogP contribution in [0.4, 0.5) is 10.5 Å². The highest BCUT2D eigenvalue weighted by Crippen LogP contribution is 2.46. The summed E-state index contributed by atoms with van der Waals surface area (Å²) in [6, 6.07) is 11.8. The largest absolute Gasteiger partial charge is 0.490 e. The van der Waals surface area contributed by atoms with Gasteiger partial charge in [-0.05, 0) is 37.0 Å². The Balaban J connectivity index is 1.32. The van der Waals surface area contributed by atoms with Gasteiger partial charge >= 0.3 is 11.8 Å². The number of nitrogens with one attached hydrogen (secondary N) is 2. The first-order valence-electron chi connectivity index (χ1n) is 17.3. The zero-order chi connectivity index (χ0) is 38.0. The van der Waals surface area contributed by atoms with Gasteiger partial charge < -0.3 is 29.4 Å². The van der Waals surface area contributed by atoms with Crippen LogP contribution in [-0.2, 0) is 23.6 Å². The van der Waals surface area contributed by atoms with Crippen molar-refractivity contribution in [1.29, 1.82) is 0 Å². The predicted octanol–water partition coefficient (Wildman–Crippen LogP) is 4.99. The minimum Gasteiger partial charge on any atom is -0.490 e. The lowest BCUT2D eigenvalue weighted by Gasteiger charge is -2.30. The van der Waals surface area contributed by atoms with E-state index < -0.39 is 29.3 Å². The molecule has 2 aromatic heterocycles. The molecular formula is C38H41ClN6O8. The molecule has 0 bridgehead atoms. The van der Waals surface area contributed by atoms with Crippen molar-refractivity contribution < 1.29 is 28.6 Å². The molecule has 0 saturated carbocycles. The lowest BCUT2D eigenvalue weighted by Crippen LogP contribution is -2.44. The summed E-state index contributed by atoms with van der Waals surface area (Å²) in [6.07, 6.45) is 3.30. The first kappa shape index (κ1) is 37.1. The minimum atomic E-state index is -0.704. The second-order valence-electron chi connectivity index (χ2n) is 13.1. The average Bonchev–Trinajstić information content (AvgIpc) is 3.77. The highest BCUT2D eigenvalue weighted by Gasteiger charge is 2.39. The van der Waals surface area contributed by atoms with Crippen molar-refractivity contribution in [3.8, 4) is 34.0 Å². The molecule has 1 saturated heterocycles. The van der Waals surface area contributed by atoms with Crippen LogP contribution in [0, 0.1) is 6.92 Å². The second-order valence-corrected chi connectivity index (χ2v) is 13.5. The van der Waals surface area contributed by atoms with Crippen molar-refractivity contribution in [3.05, 3.63) is 91.2 Å². The number of carbonyl (C=O) groups is 3. The Morgan fingerprint density at radius 1 is 1.11 bits per heavy atom. The molecule has 6 rings (SSSR count). The van der Waals surface area contributed by atoms with E-state index in [9.17, 15) is 24.0 Å². The molecule has 2 N–H and O–H groups in total. The number of benzene rings is 2. The minimum absolute atomic E-state index is 0.0552. The van der Waals surface area contributed by atoms with Gasteiger partial charge in [0, 0.05) is 62.2 Å². The molecule has 0 spiro atoms. The molecule has 14 nitrogen and oxygen atoms in total. The summed E-state index contributed by atoms with van der Waals surface area (Å²) in [4.78, 5) is 69.9. The van der Waals surface area contributed by atoms with E-state index in [1.54, 1.807) is 23.1 Å². The Kier molecular flexibility index (Phi) is 10.9. The van der Waals surface area contributed by atoms with Gasteiger partial charge in [0.15, 0.2) is 0 Å². The van der Waals surface area contributed by atoms with Crippen LogP contribution in [-0.4, -0.2) is 69.8 Å². The topological polar surface area (TPSA) is 163 Å². The molecule has 278 valence electrons. The van der Waals surface area contributed by atoms with E-state index in [0.717, 1.165) is 23.0 Å². The Hall–Kier alpha value is -5.63. The highest BCUT2D eigenvalue weighted by molar-refractivity contribution is 6.36. The average molecular weight is 745 g/mol. The standard InChI is InChI=1S/C38H41ClN6O8/c1-6-7-16-52-38(50)45(18-22-14-15-31(46)40-22)29-20-53-30-17-28(42-35(51-5)32(29)30)25-12-8-11-24(33(25)39)23-10-9-13-27(21(23)2)41-34(47)26-19-43(3)37(49)44(4)36(26)48/h8-13,17,19,22,29H,6-7,14-16,18,20H2,1-5H3,(H,40,46)(H,41,47)/t22-,29?/m0/s1. The maximum atomic E-state index is 13.4. The maximum Gasteiger partial charge on any atom is 0.410 e. The molecule has 2 atom stereocenters. The number of anilines is 1. The Morgan fingerprint density at radius 2 is 1.85 bits per heavy atom. The van der Waals surface area contributed by atoms with Gasteiger partial charge in [-0.2, -0.15) is 0 Å². The molecule has 2 aliphatic rings. The van der Waals surface area contributed by atoms with Gasteiger partial charge in [0.05, 0.1) is 30.0 Å². The van der Waals surface area contributed by atoms with Crippen LogP contribution in [0.2, 0.25) is 5.02 Å². The quantitative estimate of drug-likeness (QED) is 0.202. The number of halogens is 1. The summed E-state index contributed by atoms with van der Waals surface area (Å²) < 4.78 is 19.6. The first-order chi connectivity index (χ1) is 25.4. The second kappa shape index (κ2) is 15.5. The molecule has 3 amide bonds. The third-order valence-electron chi connectivity index (χ3n) is 9.58. The van der Waals surface area contributed by atoms with Gasteiger partial charge in [0.25, 0.3) is 11.5 Å². The Bertz CT molecular complexity index is 2220. The fraction of sp³-hybridized carbons (Fsp3) is 0.368. The van der Waals surface area contributed by atoms with Crippen LogP contribution in [0.3, 0.4) is 0 Å². The molecule has 53 heavy (non-hydrogen) atoms. The number of nitrogens with zero attached hydrogens (tertiary/aromatic N) is 4. The lowest BCUT2D eigenvalue weighted by molar-refractivity contribution is -0.119. The summed E-state index contributed by atoms with van der Waals surface area (Å²) in [6.45, 7) is 4.49. The van der Waals surface area contributed by atoms with Crippen LogP contribution in [0.1, 0.15) is 60.1 Å². The van der Waals surface area contributed by atoms with Gasteiger partial charge in [0.1, 0.15) is 24.0 Å². The van der Waals surface area contributed by atoms with Crippen LogP contribution < -0.4 is 31.4 Å². The van der Waals surface area contributed by atoms with Crippen molar-refractivity contribution in [3.63, 3.8) is 0 Å². The number of methoxy groups -OCH3 is 1. The number of hydrogen-bond donors (Lipinski definition) is 2. The first-order valence-corrected chi connectivity index (χ1v) is 17.7. The molecule has 1 fully saturated rings. The highest BCUT2D eigenvalue weighted by atomic mass is 35.5. The summed E-state index contributed by atoms with van der Waals surface area (Å²) in [5.74, 6) is 0.0227. The molecule has 0 radical (unpaired) electrons. The number of amides is 3. The maximum absolute atomic E-state index is 13.4. The number of aromatic nitrogens is 3. The SMILES string of the molecule is CCCCOC(=O)N(C[C@@H]1CCC(=O)N1)C1COc2cc(-c3cccc(-c4cccc(NC(=O)c5cn(C)c(=O)n(C)c5=O)c4C)c3Cl)nc(OC)c21. The number of fused-ring (bicyclic) bond motifs is 1. The molecule has 0 aliphatic carbocycles. The van der Waals surface area contributed by atoms with E-state index in [4.69, 9.17) is 30.8 Å². The number of rotatable bonds is 11. The van der Waals surface area contributed by atoms with E-state index in [-0.39, 0.29) is 43.2 Å². The Morgan fingerprint density at radius 3 is 2.57 bits per heavy atom. The summed E-state index contributed by atoms with van der Waals surface area (Å²) >= 11 is 7.12. The van der Waals surface area contributed by atoms with Crippen molar-refractivity contribution >= 4 is 35.2 Å². The van der Waals surface area contributed by atoms with E-state index in [1.807, 2.05) is 38.1 Å². The van der Waals surface area contributed by atoms with Gasteiger partial charge in [-0.1, -0.05) is 55.3 Å². The van der Waals surface area contributed by atoms with Gasteiger partial charge in [0.2, 0.25) is 11.8 Å². The number of aryl methyl sites for hydroxylation is 1. The van der Waals surface area contributed by atoms with E-state index >= 15 is 0 Å². The number of carbonyl (C=O) groups excluding carboxylic acids is 3. The monoisotopic (exact) mass is 744 g/mol. The van der Waals surface area contributed by atoms with E-state index in [1.165, 1.54) is 32.0 Å². The van der Waals surface area contributed by atoms with Crippen LogP contribution in [0.5, 0.6) is 11.6 Å². The van der Waals surface area contributed by atoms with Crippen molar-refractivity contribution in [1.82, 2.24) is 24.3 Å². The normalized spacial score (nSPS) is 16.1. The van der Waals surface area contributed by atoms with Gasteiger partial charge in [-0.25, -0.2) is 14.6 Å². The number of pyridine rings is 1. The fourth-order valence-corrected chi connectivity index (χ4v) is 6.97. The molecule has 15 heteroatoms. The lowest BCUT2D eigenvalue weighted by atomic mass is 9.96.